The van der Waals surface area contributed by atoms with Crippen LogP contribution in [0.25, 0.3) is 22.6 Å². The largest absolute Gasteiger partial charge is 0.436 e. The van der Waals surface area contributed by atoms with Gasteiger partial charge in [0.15, 0.2) is 5.58 Å². The van der Waals surface area contributed by atoms with E-state index in [1.807, 2.05) is 48.5 Å². The topological polar surface area (TPSA) is 79.5 Å². The number of rotatable bonds is 2. The van der Waals surface area contributed by atoms with Crippen LogP contribution in [-0.2, 0) is 0 Å². The van der Waals surface area contributed by atoms with Crippen molar-refractivity contribution in [1.29, 1.82) is 0 Å². The summed E-state index contributed by atoms with van der Waals surface area (Å²) in [5.74, 6) is 0.588. The molecule has 2 amide bonds. The molecule has 6 heteroatoms. The number of urea groups is 1. The van der Waals surface area contributed by atoms with Crippen molar-refractivity contribution in [3.63, 3.8) is 0 Å². The zero-order valence-electron chi connectivity index (χ0n) is 11.5. The van der Waals surface area contributed by atoms with Crippen LogP contribution in [0.4, 0.5) is 4.79 Å². The Hall–Kier alpha value is -3.15. The van der Waals surface area contributed by atoms with E-state index in [1.165, 1.54) is 0 Å². The fraction of sp³-hybridized carbons (Fsp3) is 0.0625. The molecule has 0 fully saturated rings. The van der Waals surface area contributed by atoms with Crippen molar-refractivity contribution in [2.45, 2.75) is 0 Å². The van der Waals surface area contributed by atoms with Crippen LogP contribution in [0.1, 0.15) is 5.56 Å². The summed E-state index contributed by atoms with van der Waals surface area (Å²) in [4.78, 5) is 15.5. The van der Waals surface area contributed by atoms with Crippen molar-refractivity contribution < 1.29 is 9.21 Å². The molecule has 0 saturated heterocycles. The first-order valence-corrected chi connectivity index (χ1v) is 6.86. The fourth-order valence-corrected chi connectivity index (χ4v) is 2.34. The number of hydrogen-bond donors (Lipinski definition) is 2. The number of nitrogens with one attached hydrogen (secondary N) is 2. The van der Waals surface area contributed by atoms with E-state index in [0.717, 1.165) is 22.4 Å². The summed E-state index contributed by atoms with van der Waals surface area (Å²) < 4.78 is 5.83. The van der Waals surface area contributed by atoms with Crippen molar-refractivity contribution in [3.05, 3.63) is 54.1 Å². The normalized spacial score (nSPS) is 14.4. The molecule has 3 aromatic rings. The van der Waals surface area contributed by atoms with E-state index >= 15 is 0 Å². The molecule has 0 unspecified atom stereocenters. The molecule has 4 rings (SSSR count). The molecule has 0 radical (unpaired) electrons. The van der Waals surface area contributed by atoms with Gasteiger partial charge in [-0.05, 0) is 24.3 Å². The van der Waals surface area contributed by atoms with E-state index in [-0.39, 0.29) is 6.03 Å². The summed E-state index contributed by atoms with van der Waals surface area (Å²) in [5, 5.41) is 6.73. The highest BCUT2D eigenvalue weighted by Crippen LogP contribution is 2.25. The Bertz CT molecular complexity index is 884. The quantitative estimate of drug-likeness (QED) is 0.761. The number of hydrazone groups is 1. The number of benzene rings is 2. The van der Waals surface area contributed by atoms with Crippen LogP contribution in [-0.4, -0.2) is 23.3 Å². The van der Waals surface area contributed by atoms with Gasteiger partial charge in [0.1, 0.15) is 5.52 Å². The summed E-state index contributed by atoms with van der Waals surface area (Å²) in [5.41, 5.74) is 6.45. The highest BCUT2D eigenvalue weighted by atomic mass is 16.3. The minimum atomic E-state index is -0.296. The first-order chi connectivity index (χ1) is 10.8. The third-order valence-electron chi connectivity index (χ3n) is 3.45. The van der Waals surface area contributed by atoms with E-state index in [1.54, 1.807) is 0 Å². The molecule has 2 aromatic carbocycles. The molecule has 1 aromatic heterocycles. The summed E-state index contributed by atoms with van der Waals surface area (Å²) in [6.07, 6.45) is 0. The average molecular weight is 292 g/mol. The standard InChI is InChI=1S/C16H12N4O2/c21-16-17-9-13(19-20-16)11-6-7-12-14(8-11)22-15(18-12)10-4-2-1-3-5-10/h1-8H,9H2,(H2,17,20,21). The number of amides is 2. The molecule has 6 nitrogen and oxygen atoms in total. The molecule has 108 valence electrons. The van der Waals surface area contributed by atoms with Gasteiger partial charge in [0.25, 0.3) is 0 Å². The van der Waals surface area contributed by atoms with Gasteiger partial charge < -0.3 is 9.73 Å². The van der Waals surface area contributed by atoms with Gasteiger partial charge in [0.05, 0.1) is 12.3 Å². The summed E-state index contributed by atoms with van der Waals surface area (Å²) in [6, 6.07) is 15.1. The van der Waals surface area contributed by atoms with Crippen LogP contribution in [0.3, 0.4) is 0 Å². The predicted molar refractivity (Wildman–Crippen MR) is 82.5 cm³/mol. The number of fused-ring (bicyclic) bond motifs is 1. The van der Waals surface area contributed by atoms with Crippen LogP contribution in [0, 0.1) is 0 Å². The number of aromatic nitrogens is 1. The predicted octanol–water partition coefficient (Wildman–Crippen LogP) is 2.51. The van der Waals surface area contributed by atoms with Gasteiger partial charge in [0, 0.05) is 11.1 Å². The molecule has 22 heavy (non-hydrogen) atoms. The third kappa shape index (κ3) is 2.20. The third-order valence-corrected chi connectivity index (χ3v) is 3.45. The van der Waals surface area contributed by atoms with Gasteiger partial charge in [-0.1, -0.05) is 24.3 Å². The Kier molecular flexibility index (Phi) is 2.86. The molecule has 0 saturated carbocycles. The Balaban J connectivity index is 1.74. The highest BCUT2D eigenvalue weighted by Gasteiger charge is 2.14. The van der Waals surface area contributed by atoms with Crippen LogP contribution in [0.15, 0.2) is 58.0 Å². The van der Waals surface area contributed by atoms with Crippen LogP contribution in [0.2, 0.25) is 0 Å². The van der Waals surface area contributed by atoms with Gasteiger partial charge >= 0.3 is 6.03 Å². The summed E-state index contributed by atoms with van der Waals surface area (Å²) in [7, 11) is 0. The van der Waals surface area contributed by atoms with Crippen molar-refractivity contribution in [2.24, 2.45) is 5.10 Å². The van der Waals surface area contributed by atoms with Gasteiger partial charge in [-0.2, -0.15) is 5.10 Å². The number of hydrogen-bond acceptors (Lipinski definition) is 4. The maximum Gasteiger partial charge on any atom is 0.335 e. The van der Waals surface area contributed by atoms with Gasteiger partial charge in [-0.15, -0.1) is 0 Å². The molecule has 2 heterocycles. The van der Waals surface area contributed by atoms with Crippen LogP contribution in [0.5, 0.6) is 0 Å². The lowest BCUT2D eigenvalue weighted by Crippen LogP contribution is -2.42. The monoisotopic (exact) mass is 292 g/mol. The molecule has 1 aliphatic heterocycles. The van der Waals surface area contributed by atoms with E-state index in [0.29, 0.717) is 18.0 Å². The lowest BCUT2D eigenvalue weighted by molar-refractivity contribution is 0.241. The fourth-order valence-electron chi connectivity index (χ4n) is 2.34. The lowest BCUT2D eigenvalue weighted by Gasteiger charge is -2.13. The van der Waals surface area contributed by atoms with Gasteiger partial charge in [0.2, 0.25) is 5.89 Å². The van der Waals surface area contributed by atoms with Crippen molar-refractivity contribution in [2.75, 3.05) is 6.54 Å². The van der Waals surface area contributed by atoms with E-state index in [2.05, 4.69) is 20.8 Å². The zero-order valence-corrected chi connectivity index (χ0v) is 11.5. The maximum atomic E-state index is 11.1. The smallest absolute Gasteiger partial charge is 0.335 e. The number of carbonyl (C=O) groups excluding carboxylic acids is 1. The molecule has 2 N–H and O–H groups in total. The highest BCUT2D eigenvalue weighted by molar-refractivity contribution is 6.06. The maximum absolute atomic E-state index is 11.1. The SMILES string of the molecule is O=C1NCC(c2ccc3nc(-c4ccccc4)oc3c2)=NN1. The minimum absolute atomic E-state index is 0.296. The van der Waals surface area contributed by atoms with Crippen molar-refractivity contribution in [3.8, 4) is 11.5 Å². The molecule has 0 atom stereocenters. The van der Waals surface area contributed by atoms with Crippen molar-refractivity contribution >= 4 is 22.8 Å². The number of nitrogens with zero attached hydrogens (tertiary/aromatic N) is 2. The molecule has 0 spiro atoms. The van der Waals surface area contributed by atoms with Gasteiger partial charge in [-0.3, -0.25) is 0 Å². The van der Waals surface area contributed by atoms with Gasteiger partial charge in [-0.25, -0.2) is 15.2 Å². The molecular weight excluding hydrogens is 280 g/mol. The Labute approximate surface area is 125 Å². The van der Waals surface area contributed by atoms with E-state index in [4.69, 9.17) is 4.42 Å². The molecular formula is C16H12N4O2. The number of carbonyl (C=O) groups is 1. The van der Waals surface area contributed by atoms with Crippen molar-refractivity contribution in [1.82, 2.24) is 15.7 Å². The first kappa shape index (κ1) is 12.6. The first-order valence-electron chi connectivity index (χ1n) is 6.86. The van der Waals surface area contributed by atoms with E-state index in [9.17, 15) is 4.79 Å². The van der Waals surface area contributed by atoms with Crippen LogP contribution >= 0.6 is 0 Å². The number of oxazole rings is 1. The van der Waals surface area contributed by atoms with E-state index < -0.39 is 0 Å². The molecule has 0 bridgehead atoms. The molecule has 0 aliphatic carbocycles. The van der Waals surface area contributed by atoms with Crippen LogP contribution < -0.4 is 10.7 Å². The summed E-state index contributed by atoms with van der Waals surface area (Å²) in [6.45, 7) is 0.386. The average Bonchev–Trinajstić information content (AvgIpc) is 2.99. The second kappa shape index (κ2) is 5.00. The second-order valence-corrected chi connectivity index (χ2v) is 4.92. The Morgan fingerprint density at radius 3 is 2.68 bits per heavy atom. The minimum Gasteiger partial charge on any atom is -0.436 e. The second-order valence-electron chi connectivity index (χ2n) is 4.92. The summed E-state index contributed by atoms with van der Waals surface area (Å²) >= 11 is 0. The zero-order chi connectivity index (χ0) is 14.9. The molecule has 1 aliphatic rings. The Morgan fingerprint density at radius 2 is 1.91 bits per heavy atom. The lowest BCUT2D eigenvalue weighted by atomic mass is 10.1. The Morgan fingerprint density at radius 1 is 1.05 bits per heavy atom.